The maximum atomic E-state index is 12.5. The molecule has 2 heterocycles. The third-order valence-electron chi connectivity index (χ3n) is 4.94. The molecular formula is C21H23N3O7S. The van der Waals surface area contributed by atoms with Crippen molar-refractivity contribution in [2.45, 2.75) is 46.6 Å². The molecule has 0 unspecified atom stereocenters. The van der Waals surface area contributed by atoms with Crippen LogP contribution in [0.3, 0.4) is 0 Å². The number of ether oxygens (including phenoxy) is 1. The number of hydrogen-bond acceptors (Lipinski definition) is 8. The van der Waals surface area contributed by atoms with E-state index in [1.54, 1.807) is 6.92 Å². The van der Waals surface area contributed by atoms with Crippen molar-refractivity contribution in [2.75, 3.05) is 11.9 Å². The summed E-state index contributed by atoms with van der Waals surface area (Å²) in [5.74, 6) is -1.41. The van der Waals surface area contributed by atoms with E-state index in [1.807, 2.05) is 13.8 Å². The van der Waals surface area contributed by atoms with E-state index in [0.29, 0.717) is 28.9 Å². The first kappa shape index (κ1) is 23.2. The molecule has 1 aromatic carbocycles. The van der Waals surface area contributed by atoms with Gasteiger partial charge in [-0.25, -0.2) is 9.59 Å². The smallest absolute Gasteiger partial charge is 0.419 e. The highest BCUT2D eigenvalue weighted by molar-refractivity contribution is 7.16. The predicted molar refractivity (Wildman–Crippen MR) is 119 cm³/mol. The molecule has 0 bridgehead atoms. The number of amides is 1. The lowest BCUT2D eigenvalue weighted by molar-refractivity contribution is -0.384. The van der Waals surface area contributed by atoms with Crippen LogP contribution in [0.4, 0.5) is 10.7 Å². The number of fused-ring (bicyclic) bond motifs is 1. The molecule has 0 radical (unpaired) electrons. The van der Waals surface area contributed by atoms with Crippen molar-refractivity contribution in [3.63, 3.8) is 0 Å². The van der Waals surface area contributed by atoms with Crippen molar-refractivity contribution in [2.24, 2.45) is 0 Å². The molecule has 32 heavy (non-hydrogen) atoms. The van der Waals surface area contributed by atoms with Gasteiger partial charge in [0.25, 0.3) is 5.69 Å². The van der Waals surface area contributed by atoms with Gasteiger partial charge >= 0.3 is 11.7 Å². The highest BCUT2D eigenvalue weighted by Gasteiger charge is 2.23. The van der Waals surface area contributed by atoms with Crippen molar-refractivity contribution < 1.29 is 23.7 Å². The molecule has 170 valence electrons. The Bertz CT molecular complexity index is 1240. The lowest BCUT2D eigenvalue weighted by Crippen LogP contribution is -2.18. The Morgan fingerprint density at radius 1 is 1.31 bits per heavy atom. The zero-order chi connectivity index (χ0) is 23.4. The average Bonchev–Trinajstić information content (AvgIpc) is 3.22. The van der Waals surface area contributed by atoms with Crippen LogP contribution < -0.4 is 11.1 Å². The molecule has 0 aliphatic heterocycles. The number of nitrogens with one attached hydrogen (secondary N) is 1. The van der Waals surface area contributed by atoms with Gasteiger partial charge in [-0.2, -0.15) is 0 Å². The van der Waals surface area contributed by atoms with Crippen LogP contribution in [0, 0.1) is 17.0 Å². The summed E-state index contributed by atoms with van der Waals surface area (Å²) < 4.78 is 11.6. The average molecular weight is 461 g/mol. The molecule has 0 saturated carbocycles. The van der Waals surface area contributed by atoms with E-state index in [-0.39, 0.29) is 36.8 Å². The minimum atomic E-state index is -0.646. The van der Waals surface area contributed by atoms with Crippen molar-refractivity contribution in [1.82, 2.24) is 4.57 Å². The lowest BCUT2D eigenvalue weighted by Gasteiger charge is -2.08. The molecule has 0 saturated heterocycles. The van der Waals surface area contributed by atoms with Gasteiger partial charge < -0.3 is 14.5 Å². The number of benzene rings is 1. The molecule has 0 aliphatic carbocycles. The summed E-state index contributed by atoms with van der Waals surface area (Å²) in [6, 6.07) is 3.94. The van der Waals surface area contributed by atoms with E-state index >= 15 is 0 Å². The van der Waals surface area contributed by atoms with Gasteiger partial charge in [0.1, 0.15) is 5.00 Å². The summed E-state index contributed by atoms with van der Waals surface area (Å²) in [4.78, 5) is 48.3. The molecular weight excluding hydrogens is 438 g/mol. The van der Waals surface area contributed by atoms with E-state index in [1.165, 1.54) is 34.1 Å². The summed E-state index contributed by atoms with van der Waals surface area (Å²) in [5.41, 5.74) is 1.62. The van der Waals surface area contributed by atoms with Crippen LogP contribution in [-0.2, 0) is 22.5 Å². The Morgan fingerprint density at radius 3 is 2.72 bits per heavy atom. The Kier molecular flexibility index (Phi) is 7.08. The number of esters is 1. The van der Waals surface area contributed by atoms with Crippen LogP contribution in [0.5, 0.6) is 0 Å². The van der Waals surface area contributed by atoms with Crippen LogP contribution in [0.2, 0.25) is 0 Å². The molecule has 0 fully saturated rings. The summed E-state index contributed by atoms with van der Waals surface area (Å²) in [6.45, 7) is 5.99. The van der Waals surface area contributed by atoms with E-state index in [9.17, 15) is 24.5 Å². The normalized spacial score (nSPS) is 11.0. The van der Waals surface area contributed by atoms with E-state index in [4.69, 9.17) is 9.15 Å². The first-order valence-corrected chi connectivity index (χ1v) is 10.9. The van der Waals surface area contributed by atoms with Crippen molar-refractivity contribution >= 4 is 45.0 Å². The third kappa shape index (κ3) is 4.72. The van der Waals surface area contributed by atoms with E-state index in [2.05, 4.69) is 5.32 Å². The first-order valence-electron chi connectivity index (χ1n) is 10.1. The van der Waals surface area contributed by atoms with Crippen LogP contribution in [0.25, 0.3) is 11.1 Å². The number of non-ortho nitro benzene ring substituents is 1. The Hall–Kier alpha value is -3.47. The fourth-order valence-electron chi connectivity index (χ4n) is 3.48. The van der Waals surface area contributed by atoms with Crippen molar-refractivity contribution in [3.8, 4) is 0 Å². The van der Waals surface area contributed by atoms with Gasteiger partial charge in [0.05, 0.1) is 28.7 Å². The monoisotopic (exact) mass is 461 g/mol. The Balaban J connectivity index is 1.69. The SMILES string of the molecule is CCOC(=O)c1c(NC(=O)CCCn2c(=O)oc3cc([N+](=O)[O-])ccc32)sc(C)c1CC. The number of nitro groups is 1. The van der Waals surface area contributed by atoms with Crippen molar-refractivity contribution in [1.29, 1.82) is 0 Å². The standard InChI is InChI=1S/C21H23N3O7S/c1-4-14-12(3)32-19(18(14)20(26)30-5-2)22-17(25)7-6-10-23-15-9-8-13(24(28)29)11-16(15)31-21(23)27/h8-9,11H,4-7,10H2,1-3H3,(H,22,25). The van der Waals surface area contributed by atoms with Gasteiger partial charge in [0.15, 0.2) is 5.58 Å². The molecule has 0 atom stereocenters. The zero-order valence-electron chi connectivity index (χ0n) is 17.9. The minimum absolute atomic E-state index is 0.104. The number of aromatic nitrogens is 1. The number of nitrogens with zero attached hydrogens (tertiary/aromatic N) is 2. The molecule has 2 aromatic heterocycles. The van der Waals surface area contributed by atoms with Gasteiger partial charge in [-0.05, 0) is 38.3 Å². The van der Waals surface area contributed by atoms with Gasteiger partial charge in [0, 0.05) is 23.9 Å². The summed E-state index contributed by atoms with van der Waals surface area (Å²) in [6.07, 6.45) is 1.07. The fourth-order valence-corrected chi connectivity index (χ4v) is 4.63. The summed E-state index contributed by atoms with van der Waals surface area (Å²) in [7, 11) is 0. The van der Waals surface area contributed by atoms with Gasteiger partial charge in [-0.3, -0.25) is 19.5 Å². The number of anilines is 1. The van der Waals surface area contributed by atoms with Crippen LogP contribution in [0.15, 0.2) is 27.4 Å². The number of thiophene rings is 1. The maximum absolute atomic E-state index is 12.5. The van der Waals surface area contributed by atoms with Crippen molar-refractivity contribution in [3.05, 3.63) is 54.9 Å². The topological polar surface area (TPSA) is 134 Å². The summed E-state index contributed by atoms with van der Waals surface area (Å²) >= 11 is 1.33. The zero-order valence-corrected chi connectivity index (χ0v) is 18.7. The van der Waals surface area contributed by atoms with Crippen LogP contribution in [-0.4, -0.2) is 28.0 Å². The summed E-state index contributed by atoms with van der Waals surface area (Å²) in [5, 5.41) is 14.1. The van der Waals surface area contributed by atoms with E-state index < -0.39 is 16.6 Å². The molecule has 0 aliphatic rings. The molecule has 3 aromatic rings. The lowest BCUT2D eigenvalue weighted by atomic mass is 10.1. The minimum Gasteiger partial charge on any atom is -0.462 e. The second-order valence-corrected chi connectivity index (χ2v) is 8.22. The van der Waals surface area contributed by atoms with E-state index in [0.717, 1.165) is 10.4 Å². The number of hydrogen-bond donors (Lipinski definition) is 1. The van der Waals surface area contributed by atoms with Crippen LogP contribution >= 0.6 is 11.3 Å². The molecule has 0 spiro atoms. The number of oxazole rings is 1. The van der Waals surface area contributed by atoms with Crippen LogP contribution in [0.1, 0.15) is 47.5 Å². The molecule has 1 amide bonds. The molecule has 11 heteroatoms. The second kappa shape index (κ2) is 9.77. The molecule has 1 N–H and O–H groups in total. The number of aryl methyl sites for hydroxylation is 2. The third-order valence-corrected chi connectivity index (χ3v) is 6.01. The van der Waals surface area contributed by atoms with Gasteiger partial charge in [-0.15, -0.1) is 11.3 Å². The largest absolute Gasteiger partial charge is 0.462 e. The molecule has 10 nitrogen and oxygen atoms in total. The number of carbonyl (C=O) groups excluding carboxylic acids is 2. The number of carbonyl (C=O) groups is 2. The quantitative estimate of drug-likeness (QED) is 0.289. The predicted octanol–water partition coefficient (Wildman–Crippen LogP) is 4.03. The Morgan fingerprint density at radius 2 is 2.06 bits per heavy atom. The Labute approximate surface area is 186 Å². The van der Waals surface area contributed by atoms with Gasteiger partial charge in [-0.1, -0.05) is 6.92 Å². The molecule has 3 rings (SSSR count). The highest BCUT2D eigenvalue weighted by Crippen LogP contribution is 2.34. The maximum Gasteiger partial charge on any atom is 0.419 e. The highest BCUT2D eigenvalue weighted by atomic mass is 32.1. The number of nitro benzene ring substituents is 1. The number of rotatable bonds is 9. The fraction of sp³-hybridized carbons (Fsp3) is 0.381. The second-order valence-electron chi connectivity index (χ2n) is 7.00. The first-order chi connectivity index (χ1) is 15.3. The van der Waals surface area contributed by atoms with Gasteiger partial charge in [0.2, 0.25) is 5.91 Å².